The Morgan fingerprint density at radius 2 is 2.23 bits per heavy atom. The fraction of sp³-hybridized carbons (Fsp3) is 0.353. The molecule has 1 aliphatic heterocycles. The van der Waals surface area contributed by atoms with E-state index in [2.05, 4.69) is 22.0 Å². The van der Waals surface area contributed by atoms with E-state index in [4.69, 9.17) is 9.47 Å². The zero-order chi connectivity index (χ0) is 15.7. The molecule has 0 fully saturated rings. The van der Waals surface area contributed by atoms with E-state index in [1.54, 1.807) is 30.0 Å². The number of rotatable bonds is 3. The predicted octanol–water partition coefficient (Wildman–Crippen LogP) is 3.14. The Hall–Kier alpha value is -1.43. The molecular formula is C17H18BrNO3. The molecule has 0 saturated heterocycles. The maximum absolute atomic E-state index is 12.2. The minimum atomic E-state index is -0.463. The highest BCUT2D eigenvalue weighted by atomic mass is 79.9. The van der Waals surface area contributed by atoms with E-state index in [-0.39, 0.29) is 5.56 Å². The molecule has 1 aromatic carbocycles. The quantitative estimate of drug-likeness (QED) is 0.840. The highest BCUT2D eigenvalue weighted by molar-refractivity contribution is 9.10. The topological polar surface area (TPSA) is 40.5 Å². The van der Waals surface area contributed by atoms with Gasteiger partial charge in [-0.05, 0) is 30.7 Å². The lowest BCUT2D eigenvalue weighted by molar-refractivity contribution is -0.138. The number of methoxy groups -OCH3 is 1. The van der Waals surface area contributed by atoms with Gasteiger partial charge in [0, 0.05) is 35.8 Å². The Kier molecular flexibility index (Phi) is 4.21. The predicted molar refractivity (Wildman–Crippen MR) is 88.1 cm³/mol. The summed E-state index contributed by atoms with van der Waals surface area (Å²) in [5.41, 5.74) is 1.64. The van der Waals surface area contributed by atoms with Gasteiger partial charge in [-0.2, -0.15) is 0 Å². The molecule has 2 aromatic rings. The van der Waals surface area contributed by atoms with E-state index in [1.165, 1.54) is 5.56 Å². The summed E-state index contributed by atoms with van der Waals surface area (Å²) in [5.74, 6) is 0. The standard InChI is InChI=1S/C17H18BrNO3/c1-17(11-21-2)10-12-6-7-13(18)9-14(12)16(22-17)19-8-4-3-5-15(19)20/h3-9,16H,10-11H2,1-2H3. The molecule has 1 aromatic heterocycles. The van der Waals surface area contributed by atoms with Crippen LogP contribution in [0.2, 0.25) is 0 Å². The molecule has 2 atom stereocenters. The molecular weight excluding hydrogens is 346 g/mol. The third-order valence-electron chi connectivity index (χ3n) is 3.89. The van der Waals surface area contributed by atoms with E-state index < -0.39 is 11.8 Å². The number of benzene rings is 1. The SMILES string of the molecule is COCC1(C)Cc2ccc(Br)cc2C(n2ccccc2=O)O1. The molecule has 4 nitrogen and oxygen atoms in total. The van der Waals surface area contributed by atoms with Crippen LogP contribution < -0.4 is 5.56 Å². The number of ether oxygens (including phenoxy) is 2. The summed E-state index contributed by atoms with van der Waals surface area (Å²) < 4.78 is 14.2. The van der Waals surface area contributed by atoms with Crippen molar-refractivity contribution in [2.24, 2.45) is 0 Å². The number of hydrogen-bond acceptors (Lipinski definition) is 3. The Morgan fingerprint density at radius 3 is 2.95 bits per heavy atom. The molecule has 116 valence electrons. The number of fused-ring (bicyclic) bond motifs is 1. The maximum Gasteiger partial charge on any atom is 0.252 e. The molecule has 2 unspecified atom stereocenters. The highest BCUT2D eigenvalue weighted by Gasteiger charge is 2.37. The van der Waals surface area contributed by atoms with Crippen LogP contribution >= 0.6 is 15.9 Å². The monoisotopic (exact) mass is 363 g/mol. The largest absolute Gasteiger partial charge is 0.382 e. The molecule has 2 heterocycles. The van der Waals surface area contributed by atoms with Crippen LogP contribution in [0.1, 0.15) is 24.3 Å². The van der Waals surface area contributed by atoms with Crippen LogP contribution in [0.5, 0.6) is 0 Å². The summed E-state index contributed by atoms with van der Waals surface area (Å²) in [5, 5.41) is 0. The van der Waals surface area contributed by atoms with Gasteiger partial charge in [0.05, 0.1) is 12.2 Å². The van der Waals surface area contributed by atoms with E-state index in [1.807, 2.05) is 25.1 Å². The van der Waals surface area contributed by atoms with Crippen molar-refractivity contribution in [1.82, 2.24) is 4.57 Å². The molecule has 0 spiro atoms. The molecule has 0 aliphatic carbocycles. The summed E-state index contributed by atoms with van der Waals surface area (Å²) in [7, 11) is 1.66. The van der Waals surface area contributed by atoms with Gasteiger partial charge in [0.15, 0.2) is 6.23 Å². The van der Waals surface area contributed by atoms with Gasteiger partial charge in [-0.3, -0.25) is 9.36 Å². The number of nitrogens with zero attached hydrogens (tertiary/aromatic N) is 1. The molecule has 0 radical (unpaired) electrons. The zero-order valence-corrected chi connectivity index (χ0v) is 14.2. The van der Waals surface area contributed by atoms with Gasteiger partial charge in [0.1, 0.15) is 0 Å². The minimum Gasteiger partial charge on any atom is -0.382 e. The lowest BCUT2D eigenvalue weighted by Crippen LogP contribution is -2.44. The van der Waals surface area contributed by atoms with Gasteiger partial charge in [0.2, 0.25) is 0 Å². The first kappa shape index (κ1) is 15.5. The fourth-order valence-corrected chi connectivity index (χ4v) is 3.34. The summed E-state index contributed by atoms with van der Waals surface area (Å²) >= 11 is 3.50. The van der Waals surface area contributed by atoms with Crippen LogP contribution in [0.3, 0.4) is 0 Å². The first-order valence-electron chi connectivity index (χ1n) is 7.15. The van der Waals surface area contributed by atoms with Gasteiger partial charge >= 0.3 is 0 Å². The molecule has 5 heteroatoms. The van der Waals surface area contributed by atoms with E-state index >= 15 is 0 Å². The first-order chi connectivity index (χ1) is 10.5. The third-order valence-corrected chi connectivity index (χ3v) is 4.38. The first-order valence-corrected chi connectivity index (χ1v) is 7.94. The van der Waals surface area contributed by atoms with Gasteiger partial charge in [-0.15, -0.1) is 0 Å². The second-order valence-electron chi connectivity index (χ2n) is 5.82. The van der Waals surface area contributed by atoms with Crippen LogP contribution in [-0.4, -0.2) is 23.9 Å². The maximum atomic E-state index is 12.2. The summed E-state index contributed by atoms with van der Waals surface area (Å²) in [4.78, 5) is 12.2. The number of hydrogen-bond donors (Lipinski definition) is 0. The number of halogens is 1. The smallest absolute Gasteiger partial charge is 0.252 e. The molecule has 0 amide bonds. The van der Waals surface area contributed by atoms with E-state index in [9.17, 15) is 4.79 Å². The molecule has 3 rings (SSSR count). The summed E-state index contributed by atoms with van der Waals surface area (Å²) in [6, 6.07) is 11.2. The average molecular weight is 364 g/mol. The van der Waals surface area contributed by atoms with E-state index in [0.717, 1.165) is 16.5 Å². The van der Waals surface area contributed by atoms with Crippen molar-refractivity contribution in [2.75, 3.05) is 13.7 Å². The van der Waals surface area contributed by atoms with Crippen molar-refractivity contribution in [3.63, 3.8) is 0 Å². The normalized spacial score (nSPS) is 24.0. The fourth-order valence-electron chi connectivity index (χ4n) is 2.96. The zero-order valence-electron chi connectivity index (χ0n) is 12.6. The van der Waals surface area contributed by atoms with E-state index in [0.29, 0.717) is 6.61 Å². The molecule has 0 bridgehead atoms. The second kappa shape index (κ2) is 5.99. The second-order valence-corrected chi connectivity index (χ2v) is 6.73. The lowest BCUT2D eigenvalue weighted by Gasteiger charge is -2.40. The van der Waals surface area contributed by atoms with Crippen LogP contribution in [-0.2, 0) is 15.9 Å². The lowest BCUT2D eigenvalue weighted by atomic mass is 9.89. The molecule has 1 aliphatic rings. The van der Waals surface area contributed by atoms with Crippen molar-refractivity contribution in [1.29, 1.82) is 0 Å². The third kappa shape index (κ3) is 2.89. The molecule has 22 heavy (non-hydrogen) atoms. The number of pyridine rings is 1. The van der Waals surface area contributed by atoms with Crippen LogP contribution in [0.25, 0.3) is 0 Å². The summed E-state index contributed by atoms with van der Waals surface area (Å²) in [6.07, 6.45) is 2.06. The van der Waals surface area contributed by atoms with Crippen LogP contribution in [0, 0.1) is 0 Å². The van der Waals surface area contributed by atoms with Crippen molar-refractivity contribution in [3.05, 3.63) is 68.5 Å². The number of aromatic nitrogens is 1. The van der Waals surface area contributed by atoms with Gasteiger partial charge in [0.25, 0.3) is 5.56 Å². The van der Waals surface area contributed by atoms with Gasteiger partial charge in [-0.25, -0.2) is 0 Å². The highest BCUT2D eigenvalue weighted by Crippen LogP contribution is 2.37. The molecule has 0 N–H and O–H groups in total. The Bertz CT molecular complexity index is 743. The average Bonchev–Trinajstić information content (AvgIpc) is 2.48. The van der Waals surface area contributed by atoms with Crippen LogP contribution in [0.4, 0.5) is 0 Å². The van der Waals surface area contributed by atoms with Crippen molar-refractivity contribution < 1.29 is 9.47 Å². The Labute approximate surface area is 137 Å². The Morgan fingerprint density at radius 1 is 1.41 bits per heavy atom. The van der Waals surface area contributed by atoms with Crippen LogP contribution in [0.15, 0.2) is 51.9 Å². The van der Waals surface area contributed by atoms with Gasteiger partial charge < -0.3 is 9.47 Å². The summed E-state index contributed by atoms with van der Waals surface area (Å²) in [6.45, 7) is 2.49. The Balaban J connectivity index is 2.14. The van der Waals surface area contributed by atoms with Crippen molar-refractivity contribution >= 4 is 15.9 Å². The molecule has 0 saturated carbocycles. The van der Waals surface area contributed by atoms with Crippen molar-refractivity contribution in [3.8, 4) is 0 Å². The minimum absolute atomic E-state index is 0.0832. The van der Waals surface area contributed by atoms with Gasteiger partial charge in [-0.1, -0.05) is 28.1 Å². The van der Waals surface area contributed by atoms with Crippen molar-refractivity contribution in [2.45, 2.75) is 25.2 Å².